The zero-order chi connectivity index (χ0) is 13.0. The van der Waals surface area contributed by atoms with E-state index in [9.17, 15) is 9.59 Å². The van der Waals surface area contributed by atoms with Gasteiger partial charge in [-0.1, -0.05) is 36.4 Å². The van der Waals surface area contributed by atoms with Crippen molar-refractivity contribution in [1.29, 1.82) is 0 Å². The maximum absolute atomic E-state index is 12.1. The van der Waals surface area contributed by atoms with Crippen LogP contribution in [0.5, 0.6) is 0 Å². The first-order valence-electron chi connectivity index (χ1n) is 5.93. The molecule has 18 heavy (non-hydrogen) atoms. The predicted octanol–water partition coefficient (Wildman–Crippen LogP) is 1.09. The number of rotatable bonds is 4. The molecule has 0 radical (unpaired) electrons. The van der Waals surface area contributed by atoms with Gasteiger partial charge in [0.15, 0.2) is 0 Å². The summed E-state index contributed by atoms with van der Waals surface area (Å²) in [7, 11) is 0. The van der Waals surface area contributed by atoms with E-state index in [1.807, 2.05) is 30.3 Å². The Balaban J connectivity index is 2.09. The predicted molar refractivity (Wildman–Crippen MR) is 68.6 cm³/mol. The van der Waals surface area contributed by atoms with Gasteiger partial charge in [0.1, 0.15) is 6.04 Å². The summed E-state index contributed by atoms with van der Waals surface area (Å²) in [5.74, 6) is -0.157. The lowest BCUT2D eigenvalue weighted by Gasteiger charge is -2.32. The van der Waals surface area contributed by atoms with Gasteiger partial charge >= 0.3 is 0 Å². The van der Waals surface area contributed by atoms with Crippen LogP contribution in [0.25, 0.3) is 0 Å². The van der Waals surface area contributed by atoms with Gasteiger partial charge < -0.3 is 10.2 Å². The maximum Gasteiger partial charge on any atom is 0.246 e. The molecule has 0 spiro atoms. The summed E-state index contributed by atoms with van der Waals surface area (Å²) >= 11 is 0. The van der Waals surface area contributed by atoms with Gasteiger partial charge in [-0.2, -0.15) is 0 Å². The Kier molecular flexibility index (Phi) is 3.77. The van der Waals surface area contributed by atoms with Crippen LogP contribution in [-0.4, -0.2) is 29.3 Å². The van der Waals surface area contributed by atoms with Crippen LogP contribution in [-0.2, 0) is 16.1 Å². The van der Waals surface area contributed by atoms with Crippen molar-refractivity contribution in [1.82, 2.24) is 10.2 Å². The van der Waals surface area contributed by atoms with Gasteiger partial charge in [-0.25, -0.2) is 0 Å². The van der Waals surface area contributed by atoms with Gasteiger partial charge in [0.05, 0.1) is 6.54 Å². The van der Waals surface area contributed by atoms with Crippen LogP contribution in [0.3, 0.4) is 0 Å². The monoisotopic (exact) mass is 244 g/mol. The molecule has 1 N–H and O–H groups in total. The Labute approximate surface area is 106 Å². The molecule has 1 aromatic rings. The number of hydrogen-bond donors (Lipinski definition) is 1. The largest absolute Gasteiger partial charge is 0.342 e. The molecule has 0 aromatic heterocycles. The van der Waals surface area contributed by atoms with E-state index >= 15 is 0 Å². The van der Waals surface area contributed by atoms with Gasteiger partial charge in [-0.15, -0.1) is 6.58 Å². The SMILES string of the molecule is C=CCC1NC(=O)CN(Cc2ccccc2)C1=O. The Bertz CT molecular complexity index is 456. The van der Waals surface area contributed by atoms with Crippen LogP contribution >= 0.6 is 0 Å². The number of carbonyl (C=O) groups is 2. The molecular formula is C14H16N2O2. The van der Waals surface area contributed by atoms with E-state index in [2.05, 4.69) is 11.9 Å². The molecule has 0 bridgehead atoms. The van der Waals surface area contributed by atoms with Gasteiger partial charge in [0.25, 0.3) is 0 Å². The smallest absolute Gasteiger partial charge is 0.246 e. The van der Waals surface area contributed by atoms with Gasteiger partial charge in [0, 0.05) is 6.54 Å². The molecule has 94 valence electrons. The molecule has 2 rings (SSSR count). The molecule has 1 unspecified atom stereocenters. The molecule has 2 amide bonds. The summed E-state index contributed by atoms with van der Waals surface area (Å²) in [6.45, 7) is 4.20. The number of nitrogens with zero attached hydrogens (tertiary/aromatic N) is 1. The minimum atomic E-state index is -0.465. The average Bonchev–Trinajstić information content (AvgIpc) is 2.36. The first-order valence-corrected chi connectivity index (χ1v) is 5.93. The van der Waals surface area contributed by atoms with E-state index in [0.717, 1.165) is 5.56 Å². The zero-order valence-electron chi connectivity index (χ0n) is 10.1. The van der Waals surface area contributed by atoms with E-state index in [4.69, 9.17) is 0 Å². The van der Waals surface area contributed by atoms with E-state index < -0.39 is 6.04 Å². The van der Waals surface area contributed by atoms with Crippen molar-refractivity contribution in [2.45, 2.75) is 19.0 Å². The molecule has 1 saturated heterocycles. The summed E-state index contributed by atoms with van der Waals surface area (Å²) in [6, 6.07) is 9.20. The van der Waals surface area contributed by atoms with Crippen molar-refractivity contribution in [3.8, 4) is 0 Å². The van der Waals surface area contributed by atoms with Crippen molar-refractivity contribution >= 4 is 11.8 Å². The van der Waals surface area contributed by atoms with Crippen molar-refractivity contribution in [3.63, 3.8) is 0 Å². The fraction of sp³-hybridized carbons (Fsp3) is 0.286. The van der Waals surface area contributed by atoms with Gasteiger partial charge in [0.2, 0.25) is 11.8 Å². The van der Waals surface area contributed by atoms with E-state index in [-0.39, 0.29) is 18.4 Å². The van der Waals surface area contributed by atoms with Crippen LogP contribution in [0.15, 0.2) is 43.0 Å². The Morgan fingerprint density at radius 2 is 2.06 bits per heavy atom. The summed E-state index contributed by atoms with van der Waals surface area (Å²) in [6.07, 6.45) is 2.12. The number of carbonyl (C=O) groups excluding carboxylic acids is 2. The van der Waals surface area contributed by atoms with Crippen LogP contribution in [0.2, 0.25) is 0 Å². The molecule has 1 aliphatic heterocycles. The van der Waals surface area contributed by atoms with E-state index in [1.165, 1.54) is 0 Å². The normalized spacial score (nSPS) is 19.6. The van der Waals surface area contributed by atoms with Gasteiger partial charge in [-0.3, -0.25) is 9.59 Å². The summed E-state index contributed by atoms with van der Waals surface area (Å²) < 4.78 is 0. The number of piperazine rings is 1. The fourth-order valence-corrected chi connectivity index (χ4v) is 2.04. The average molecular weight is 244 g/mol. The van der Waals surface area contributed by atoms with Crippen molar-refractivity contribution in [2.24, 2.45) is 0 Å². The first-order chi connectivity index (χ1) is 8.70. The fourth-order valence-electron chi connectivity index (χ4n) is 2.04. The second kappa shape index (κ2) is 5.49. The van der Waals surface area contributed by atoms with Crippen molar-refractivity contribution < 1.29 is 9.59 Å². The minimum Gasteiger partial charge on any atom is -0.342 e. The number of hydrogen-bond acceptors (Lipinski definition) is 2. The second-order valence-electron chi connectivity index (χ2n) is 4.32. The molecule has 1 aromatic carbocycles. The number of nitrogens with one attached hydrogen (secondary N) is 1. The zero-order valence-corrected chi connectivity index (χ0v) is 10.1. The Morgan fingerprint density at radius 1 is 1.33 bits per heavy atom. The lowest BCUT2D eigenvalue weighted by atomic mass is 10.1. The summed E-state index contributed by atoms with van der Waals surface area (Å²) in [4.78, 5) is 25.3. The third-order valence-electron chi connectivity index (χ3n) is 2.90. The third-order valence-corrected chi connectivity index (χ3v) is 2.90. The highest BCUT2D eigenvalue weighted by atomic mass is 16.2. The second-order valence-corrected chi connectivity index (χ2v) is 4.32. The lowest BCUT2D eigenvalue weighted by Crippen LogP contribution is -2.57. The molecule has 4 heteroatoms. The molecular weight excluding hydrogens is 228 g/mol. The summed E-state index contributed by atoms with van der Waals surface area (Å²) in [5, 5.41) is 2.68. The maximum atomic E-state index is 12.1. The van der Waals surface area contributed by atoms with Crippen LogP contribution in [0, 0.1) is 0 Å². The minimum absolute atomic E-state index is 0.0432. The number of amides is 2. The van der Waals surface area contributed by atoms with Crippen LogP contribution in [0.1, 0.15) is 12.0 Å². The molecule has 0 saturated carbocycles. The van der Waals surface area contributed by atoms with Crippen molar-refractivity contribution in [3.05, 3.63) is 48.6 Å². The van der Waals surface area contributed by atoms with E-state index in [0.29, 0.717) is 13.0 Å². The highest BCUT2D eigenvalue weighted by Gasteiger charge is 2.31. The summed E-state index contributed by atoms with van der Waals surface area (Å²) in [5.41, 5.74) is 1.03. The molecule has 1 atom stereocenters. The van der Waals surface area contributed by atoms with Crippen molar-refractivity contribution in [2.75, 3.05) is 6.54 Å². The van der Waals surface area contributed by atoms with Crippen LogP contribution in [0.4, 0.5) is 0 Å². The number of benzene rings is 1. The molecule has 1 fully saturated rings. The molecule has 0 aliphatic carbocycles. The Morgan fingerprint density at radius 3 is 2.72 bits per heavy atom. The molecule has 1 aliphatic rings. The quantitative estimate of drug-likeness (QED) is 0.806. The van der Waals surface area contributed by atoms with Crippen LogP contribution < -0.4 is 5.32 Å². The lowest BCUT2D eigenvalue weighted by molar-refractivity contribution is -0.144. The molecule has 4 nitrogen and oxygen atoms in total. The highest BCUT2D eigenvalue weighted by Crippen LogP contribution is 2.11. The third kappa shape index (κ3) is 2.77. The standard InChI is InChI=1S/C14H16N2O2/c1-2-6-12-14(18)16(10-13(17)15-12)9-11-7-4-3-5-8-11/h2-5,7-8,12H,1,6,9-10H2,(H,15,17). The van der Waals surface area contributed by atoms with Gasteiger partial charge in [-0.05, 0) is 12.0 Å². The highest BCUT2D eigenvalue weighted by molar-refractivity contribution is 5.94. The van der Waals surface area contributed by atoms with E-state index in [1.54, 1.807) is 11.0 Å². The first kappa shape index (κ1) is 12.4. The molecule has 1 heterocycles. The topological polar surface area (TPSA) is 49.4 Å². The Hall–Kier alpha value is -2.10.